The molecule has 0 heterocycles. The van der Waals surface area contributed by atoms with Crippen LogP contribution in [0.4, 0.5) is 0 Å². The van der Waals surface area contributed by atoms with E-state index < -0.39 is 0 Å². The van der Waals surface area contributed by atoms with Crippen LogP contribution in [0.2, 0.25) is 0 Å². The third kappa shape index (κ3) is 12.4. The molecule has 7 heteroatoms. The van der Waals surface area contributed by atoms with Gasteiger partial charge in [0.05, 0.1) is 0 Å². The van der Waals surface area contributed by atoms with Crippen molar-refractivity contribution < 1.29 is 9.59 Å². The third-order valence-electron chi connectivity index (χ3n) is 2.06. The molecule has 2 N–H and O–H groups in total. The summed E-state index contributed by atoms with van der Waals surface area (Å²) in [6, 6.07) is 0. The summed E-state index contributed by atoms with van der Waals surface area (Å²) in [6.45, 7) is 1.41. The molecule has 0 aliphatic rings. The van der Waals surface area contributed by atoms with E-state index in [-0.39, 0.29) is 11.8 Å². The van der Waals surface area contributed by atoms with Gasteiger partial charge in [-0.3, -0.25) is 9.59 Å². The lowest BCUT2D eigenvalue weighted by Crippen LogP contribution is -2.27. The molecule has 0 spiro atoms. The van der Waals surface area contributed by atoms with E-state index in [9.17, 15) is 9.59 Å². The van der Waals surface area contributed by atoms with Crippen LogP contribution in [-0.4, -0.2) is 48.9 Å². The number of hydrogen-bond acceptors (Lipinski definition) is 5. The summed E-state index contributed by atoms with van der Waals surface area (Å²) in [7, 11) is 3.42. The molecule has 0 aliphatic carbocycles. The quantitative estimate of drug-likeness (QED) is 0.450. The molecule has 4 nitrogen and oxygen atoms in total. The number of nitrogens with one attached hydrogen (secondary N) is 2. The van der Waals surface area contributed by atoms with Gasteiger partial charge in [0, 0.05) is 37.4 Å². The number of carbonyl (C=O) groups excluding carboxylic acids is 2. The molecule has 0 aliphatic heterocycles. The van der Waals surface area contributed by atoms with Crippen LogP contribution in [0.25, 0.3) is 0 Å². The number of rotatable bonds is 11. The maximum Gasteiger partial charge on any atom is 0.220 e. The second kappa shape index (κ2) is 13.4. The van der Waals surface area contributed by atoms with E-state index in [2.05, 4.69) is 10.6 Å². The van der Waals surface area contributed by atoms with E-state index >= 15 is 0 Å². The maximum atomic E-state index is 11.4. The summed E-state index contributed by atoms with van der Waals surface area (Å²) in [5.74, 6) is 1.92. The van der Waals surface area contributed by atoms with Gasteiger partial charge < -0.3 is 10.6 Å². The summed E-state index contributed by atoms with van der Waals surface area (Å²) in [4.78, 5) is 22.7. The molecule has 106 valence electrons. The maximum absolute atomic E-state index is 11.4. The number of hydrogen-bond donors (Lipinski definition) is 2. The standard InChI is InChI=1S/C11H22N2O2S3/c1-16-8-6-12-10(14)4-3-5-11(15)13-7-9-18-17-2/h3-9H2,1-2H3,(H,12,14)(H,13,15). The average molecular weight is 311 g/mol. The molecular formula is C11H22N2O2S3. The third-order valence-corrected chi connectivity index (χ3v) is 4.49. The molecule has 0 fully saturated rings. The van der Waals surface area contributed by atoms with Crippen molar-refractivity contribution in [2.75, 3.05) is 37.1 Å². The van der Waals surface area contributed by atoms with Crippen LogP contribution in [-0.2, 0) is 9.59 Å². The molecule has 0 rings (SSSR count). The molecule has 0 unspecified atom stereocenters. The van der Waals surface area contributed by atoms with Crippen LogP contribution in [0.3, 0.4) is 0 Å². The fourth-order valence-corrected chi connectivity index (χ4v) is 2.60. The van der Waals surface area contributed by atoms with Crippen molar-refractivity contribution in [1.29, 1.82) is 0 Å². The monoisotopic (exact) mass is 310 g/mol. The highest BCUT2D eigenvalue weighted by Gasteiger charge is 2.04. The highest BCUT2D eigenvalue weighted by Crippen LogP contribution is 2.14. The molecule has 0 aromatic rings. The molecule has 0 saturated carbocycles. The van der Waals surface area contributed by atoms with Crippen molar-refractivity contribution >= 4 is 45.2 Å². The number of amides is 2. The van der Waals surface area contributed by atoms with Crippen molar-refractivity contribution in [3.8, 4) is 0 Å². The van der Waals surface area contributed by atoms with Gasteiger partial charge in [0.25, 0.3) is 0 Å². The zero-order chi connectivity index (χ0) is 13.6. The Morgan fingerprint density at radius 2 is 1.50 bits per heavy atom. The number of carbonyl (C=O) groups is 2. The van der Waals surface area contributed by atoms with E-state index in [0.29, 0.717) is 32.4 Å². The largest absolute Gasteiger partial charge is 0.355 e. The SMILES string of the molecule is CSCCNC(=O)CCCC(=O)NCCSSC. The Morgan fingerprint density at radius 3 is 2.00 bits per heavy atom. The lowest BCUT2D eigenvalue weighted by Gasteiger charge is -2.05. The molecule has 0 bridgehead atoms. The second-order valence-corrected chi connectivity index (χ2v) is 7.20. The van der Waals surface area contributed by atoms with Crippen molar-refractivity contribution in [3.63, 3.8) is 0 Å². The van der Waals surface area contributed by atoms with Crippen LogP contribution in [0.5, 0.6) is 0 Å². The summed E-state index contributed by atoms with van der Waals surface area (Å²) < 4.78 is 0. The fraction of sp³-hybridized carbons (Fsp3) is 0.818. The highest BCUT2D eigenvalue weighted by atomic mass is 33.1. The first-order valence-corrected chi connectivity index (χ1v) is 10.0. The minimum absolute atomic E-state index is 0.0358. The zero-order valence-electron chi connectivity index (χ0n) is 11.0. The minimum Gasteiger partial charge on any atom is -0.355 e. The van der Waals surface area contributed by atoms with E-state index in [4.69, 9.17) is 0 Å². The Balaban J connectivity index is 3.35. The Morgan fingerprint density at radius 1 is 0.944 bits per heavy atom. The van der Waals surface area contributed by atoms with Crippen LogP contribution in [0, 0.1) is 0 Å². The minimum atomic E-state index is 0.0358. The molecule has 0 aromatic heterocycles. The van der Waals surface area contributed by atoms with Crippen LogP contribution in [0.1, 0.15) is 19.3 Å². The molecule has 0 atom stereocenters. The van der Waals surface area contributed by atoms with Gasteiger partial charge in [0.2, 0.25) is 11.8 Å². The normalized spacial score (nSPS) is 10.1. The average Bonchev–Trinajstić information content (AvgIpc) is 2.35. The van der Waals surface area contributed by atoms with Crippen molar-refractivity contribution in [1.82, 2.24) is 10.6 Å². The zero-order valence-corrected chi connectivity index (χ0v) is 13.4. The van der Waals surface area contributed by atoms with E-state index in [0.717, 1.165) is 11.5 Å². The Hall–Kier alpha value is -0.0100. The Bertz CT molecular complexity index is 240. The van der Waals surface area contributed by atoms with Crippen LogP contribution >= 0.6 is 33.3 Å². The first kappa shape index (κ1) is 18.0. The van der Waals surface area contributed by atoms with Gasteiger partial charge in [-0.1, -0.05) is 21.6 Å². The number of thioether (sulfide) groups is 1. The Labute approximate surface area is 122 Å². The Kier molecular flexibility index (Phi) is 13.4. The van der Waals surface area contributed by atoms with Gasteiger partial charge in [-0.25, -0.2) is 0 Å². The molecule has 18 heavy (non-hydrogen) atoms. The molecular weight excluding hydrogens is 288 g/mol. The summed E-state index contributed by atoms with van der Waals surface area (Å²) in [6.07, 6.45) is 5.50. The molecule has 2 amide bonds. The summed E-state index contributed by atoms with van der Waals surface area (Å²) in [5, 5.41) is 5.66. The molecule has 0 aromatic carbocycles. The van der Waals surface area contributed by atoms with Gasteiger partial charge in [-0.2, -0.15) is 11.8 Å². The first-order chi connectivity index (χ1) is 8.70. The van der Waals surface area contributed by atoms with Gasteiger partial charge in [0.1, 0.15) is 0 Å². The lowest BCUT2D eigenvalue weighted by atomic mass is 10.2. The molecule has 0 radical (unpaired) electrons. The van der Waals surface area contributed by atoms with E-state index in [1.54, 1.807) is 33.3 Å². The highest BCUT2D eigenvalue weighted by molar-refractivity contribution is 8.76. The summed E-state index contributed by atoms with van der Waals surface area (Å²) in [5.41, 5.74) is 0. The topological polar surface area (TPSA) is 58.2 Å². The first-order valence-electron chi connectivity index (χ1n) is 5.88. The van der Waals surface area contributed by atoms with Gasteiger partial charge >= 0.3 is 0 Å². The second-order valence-electron chi connectivity index (χ2n) is 3.53. The molecule has 0 saturated heterocycles. The predicted molar refractivity (Wildman–Crippen MR) is 84.2 cm³/mol. The van der Waals surface area contributed by atoms with Gasteiger partial charge in [-0.05, 0) is 18.9 Å². The van der Waals surface area contributed by atoms with E-state index in [1.165, 1.54) is 0 Å². The van der Waals surface area contributed by atoms with Gasteiger partial charge in [0.15, 0.2) is 0 Å². The van der Waals surface area contributed by atoms with Crippen molar-refractivity contribution in [2.45, 2.75) is 19.3 Å². The van der Waals surface area contributed by atoms with Crippen molar-refractivity contribution in [2.24, 2.45) is 0 Å². The fourth-order valence-electron chi connectivity index (χ4n) is 1.19. The summed E-state index contributed by atoms with van der Waals surface area (Å²) >= 11 is 1.70. The lowest BCUT2D eigenvalue weighted by molar-refractivity contribution is -0.122. The predicted octanol–water partition coefficient (Wildman–Crippen LogP) is 1.76. The smallest absolute Gasteiger partial charge is 0.220 e. The van der Waals surface area contributed by atoms with Crippen molar-refractivity contribution in [3.05, 3.63) is 0 Å². The van der Waals surface area contributed by atoms with E-state index in [1.807, 2.05) is 12.5 Å². The van der Waals surface area contributed by atoms with Crippen LogP contribution in [0.15, 0.2) is 0 Å². The van der Waals surface area contributed by atoms with Crippen LogP contribution < -0.4 is 10.6 Å². The van der Waals surface area contributed by atoms with Gasteiger partial charge in [-0.15, -0.1) is 0 Å².